The predicted octanol–water partition coefficient (Wildman–Crippen LogP) is 4.09. The average Bonchev–Trinajstić information content (AvgIpc) is 3.01. The van der Waals surface area contributed by atoms with Crippen molar-refractivity contribution in [2.45, 2.75) is 32.2 Å². The van der Waals surface area contributed by atoms with Gasteiger partial charge in [0.1, 0.15) is 17.2 Å². The molecule has 0 saturated carbocycles. The van der Waals surface area contributed by atoms with E-state index < -0.39 is 18.4 Å². The van der Waals surface area contributed by atoms with Gasteiger partial charge in [-0.2, -0.15) is 0 Å². The highest BCUT2D eigenvalue weighted by Gasteiger charge is 2.32. The summed E-state index contributed by atoms with van der Waals surface area (Å²) in [7, 11) is 0. The lowest BCUT2D eigenvalue weighted by Gasteiger charge is -2.12. The number of alkyl halides is 3. The lowest BCUT2D eigenvalue weighted by atomic mass is 10.1. The van der Waals surface area contributed by atoms with Crippen molar-refractivity contribution in [2.75, 3.05) is 0 Å². The first-order chi connectivity index (χ1) is 13.2. The van der Waals surface area contributed by atoms with E-state index in [9.17, 15) is 18.0 Å². The third-order valence-electron chi connectivity index (χ3n) is 3.90. The Kier molecular flexibility index (Phi) is 5.39. The summed E-state index contributed by atoms with van der Waals surface area (Å²) in [6.45, 7) is 1.54. The van der Waals surface area contributed by atoms with E-state index in [-0.39, 0.29) is 23.1 Å². The van der Waals surface area contributed by atoms with Crippen LogP contribution in [0.1, 0.15) is 41.1 Å². The maximum Gasteiger partial charge on any atom is 0.573 e. The molecule has 1 aromatic heterocycles. The molecule has 0 amide bonds. The zero-order valence-electron chi connectivity index (χ0n) is 14.6. The summed E-state index contributed by atoms with van der Waals surface area (Å²) in [6.07, 6.45) is -2.82. The fraction of sp³-hybridized carbons (Fsp3) is 0.278. The Labute approximate surface area is 157 Å². The topological polar surface area (TPSA) is 90.2 Å². The fourth-order valence-corrected chi connectivity index (χ4v) is 2.76. The van der Waals surface area contributed by atoms with Crippen molar-refractivity contribution in [2.24, 2.45) is 5.16 Å². The van der Waals surface area contributed by atoms with Crippen molar-refractivity contribution in [3.05, 3.63) is 53.3 Å². The number of carboxylic acids is 1. The van der Waals surface area contributed by atoms with E-state index in [4.69, 9.17) is 14.7 Å². The molecule has 7 nitrogen and oxygen atoms in total. The van der Waals surface area contributed by atoms with E-state index in [2.05, 4.69) is 14.9 Å². The van der Waals surface area contributed by atoms with Crippen LogP contribution in [0.15, 0.2) is 41.7 Å². The van der Waals surface area contributed by atoms with Crippen molar-refractivity contribution in [1.82, 2.24) is 4.98 Å². The van der Waals surface area contributed by atoms with Gasteiger partial charge in [-0.15, -0.1) is 13.2 Å². The van der Waals surface area contributed by atoms with Gasteiger partial charge in [0, 0.05) is 6.92 Å². The van der Waals surface area contributed by atoms with E-state index in [1.807, 2.05) is 0 Å². The first kappa shape index (κ1) is 19.5. The second kappa shape index (κ2) is 7.75. The normalized spacial score (nSPS) is 16.4. The molecule has 0 bridgehead atoms. The summed E-state index contributed by atoms with van der Waals surface area (Å²) >= 11 is 0. The summed E-state index contributed by atoms with van der Waals surface area (Å²) in [5.41, 5.74) is 1.32. The van der Waals surface area contributed by atoms with Crippen LogP contribution in [-0.2, 0) is 11.3 Å². The fourth-order valence-electron chi connectivity index (χ4n) is 2.76. The van der Waals surface area contributed by atoms with Crippen LogP contribution in [-0.4, -0.2) is 28.3 Å². The number of aromatic nitrogens is 1. The summed E-state index contributed by atoms with van der Waals surface area (Å²) in [4.78, 5) is 19.9. The minimum absolute atomic E-state index is 0.116. The largest absolute Gasteiger partial charge is 0.573 e. The number of fused-ring (bicyclic) bond motifs is 1. The number of ether oxygens (including phenoxy) is 2. The number of hydrogen-bond donors (Lipinski definition) is 1. The van der Waals surface area contributed by atoms with E-state index in [1.54, 1.807) is 6.92 Å². The van der Waals surface area contributed by atoms with E-state index in [1.165, 1.54) is 36.5 Å². The van der Waals surface area contributed by atoms with E-state index >= 15 is 0 Å². The van der Waals surface area contributed by atoms with Crippen LogP contribution in [0.25, 0.3) is 0 Å². The van der Waals surface area contributed by atoms with Crippen LogP contribution < -0.4 is 9.47 Å². The third-order valence-corrected chi connectivity index (χ3v) is 3.90. The molecule has 148 valence electrons. The smallest absolute Gasteiger partial charge is 0.477 e. The van der Waals surface area contributed by atoms with Crippen molar-refractivity contribution >= 4 is 11.9 Å². The zero-order valence-corrected chi connectivity index (χ0v) is 14.6. The van der Waals surface area contributed by atoms with E-state index in [0.717, 1.165) is 5.56 Å². The highest BCUT2D eigenvalue weighted by Crippen LogP contribution is 2.37. The Morgan fingerprint density at radius 2 is 2.00 bits per heavy atom. The van der Waals surface area contributed by atoms with Gasteiger partial charge in [0.25, 0.3) is 0 Å². The molecule has 0 aliphatic heterocycles. The Bertz CT molecular complexity index is 897. The van der Waals surface area contributed by atoms with Crippen molar-refractivity contribution in [1.29, 1.82) is 0 Å². The summed E-state index contributed by atoms with van der Waals surface area (Å²) in [5, 5.41) is 12.7. The van der Waals surface area contributed by atoms with Crippen molar-refractivity contribution in [3.8, 4) is 11.5 Å². The molecule has 1 aliphatic carbocycles. The SMILES string of the molecule is C/C(=N\OC1CCc2cc(OC(F)(F)F)ccc21)Oc1ccc(C(=O)O)nc1. The van der Waals surface area contributed by atoms with Crippen LogP contribution in [0.5, 0.6) is 11.5 Å². The van der Waals surface area contributed by atoms with Gasteiger partial charge in [0.15, 0.2) is 6.10 Å². The molecule has 0 spiro atoms. The Balaban J connectivity index is 1.61. The van der Waals surface area contributed by atoms with Gasteiger partial charge in [-0.1, -0.05) is 11.2 Å². The van der Waals surface area contributed by atoms with Gasteiger partial charge in [-0.25, -0.2) is 9.78 Å². The van der Waals surface area contributed by atoms with Crippen molar-refractivity contribution in [3.63, 3.8) is 0 Å². The van der Waals surface area contributed by atoms with Gasteiger partial charge in [-0.3, -0.25) is 0 Å². The Hall–Kier alpha value is -3.30. The standard InChI is InChI=1S/C18H15F3N2O5/c1-10(26-13-4-6-15(17(24)25)22-9-13)23-28-16-7-2-11-8-12(3-5-14(11)16)27-18(19,20)21/h3-6,8-9,16H,2,7H2,1H3,(H,24,25)/b23-10+. The number of oxime groups is 1. The molecule has 28 heavy (non-hydrogen) atoms. The highest BCUT2D eigenvalue weighted by atomic mass is 19.4. The number of nitrogens with zero attached hydrogens (tertiary/aromatic N) is 2. The van der Waals surface area contributed by atoms with Gasteiger partial charge in [-0.05, 0) is 48.2 Å². The molecular weight excluding hydrogens is 381 g/mol. The maximum absolute atomic E-state index is 12.3. The molecule has 1 heterocycles. The number of pyridine rings is 1. The molecule has 1 aliphatic rings. The molecule has 2 aromatic rings. The molecule has 3 rings (SSSR count). The monoisotopic (exact) mass is 396 g/mol. The first-order valence-electron chi connectivity index (χ1n) is 8.17. The highest BCUT2D eigenvalue weighted by molar-refractivity contribution is 5.85. The number of carboxylic acid groups (broad SMARTS) is 1. The molecule has 0 saturated heterocycles. The Morgan fingerprint density at radius 3 is 2.64 bits per heavy atom. The summed E-state index contributed by atoms with van der Waals surface area (Å²) < 4.78 is 46.2. The number of rotatable bonds is 5. The quantitative estimate of drug-likeness (QED) is 0.465. The number of aromatic carboxylic acids is 1. The van der Waals surface area contributed by atoms with Crippen molar-refractivity contribution < 1.29 is 37.4 Å². The number of benzene rings is 1. The summed E-state index contributed by atoms with van der Waals surface area (Å²) in [6, 6.07) is 6.82. The molecule has 0 radical (unpaired) electrons. The van der Waals surface area contributed by atoms with E-state index in [0.29, 0.717) is 18.4 Å². The maximum atomic E-state index is 12.3. The Morgan fingerprint density at radius 1 is 1.25 bits per heavy atom. The second-order valence-electron chi connectivity index (χ2n) is 5.94. The molecule has 10 heteroatoms. The van der Waals surface area contributed by atoms with Crippen LogP contribution in [0.4, 0.5) is 13.2 Å². The average molecular weight is 396 g/mol. The lowest BCUT2D eigenvalue weighted by Crippen LogP contribution is -2.17. The minimum atomic E-state index is -4.74. The van der Waals surface area contributed by atoms with Crippen LogP contribution in [0.3, 0.4) is 0 Å². The predicted molar refractivity (Wildman–Crippen MR) is 90.2 cm³/mol. The number of aryl methyl sites for hydroxylation is 1. The second-order valence-corrected chi connectivity index (χ2v) is 5.94. The third kappa shape index (κ3) is 4.90. The lowest BCUT2D eigenvalue weighted by molar-refractivity contribution is -0.274. The van der Waals surface area contributed by atoms with Gasteiger partial charge >= 0.3 is 12.3 Å². The van der Waals surface area contributed by atoms with Gasteiger partial charge in [0.05, 0.1) is 6.20 Å². The minimum Gasteiger partial charge on any atom is -0.477 e. The number of hydrogen-bond acceptors (Lipinski definition) is 6. The molecule has 0 fully saturated rings. The molecule has 1 atom stereocenters. The van der Waals surface area contributed by atoms with Crippen LogP contribution in [0.2, 0.25) is 0 Å². The number of halogens is 3. The molecule has 1 N–H and O–H groups in total. The first-order valence-corrected chi connectivity index (χ1v) is 8.17. The van der Waals surface area contributed by atoms with Crippen LogP contribution in [0, 0.1) is 0 Å². The molecule has 1 aromatic carbocycles. The van der Waals surface area contributed by atoms with Crippen LogP contribution >= 0.6 is 0 Å². The van der Waals surface area contributed by atoms with Gasteiger partial charge < -0.3 is 19.4 Å². The number of carbonyl (C=O) groups is 1. The van der Waals surface area contributed by atoms with Gasteiger partial charge in [0.2, 0.25) is 5.90 Å². The molecule has 1 unspecified atom stereocenters. The summed E-state index contributed by atoms with van der Waals surface area (Å²) in [5.74, 6) is -0.970. The zero-order chi connectivity index (χ0) is 20.3. The molecular formula is C18H15F3N2O5.